The van der Waals surface area contributed by atoms with E-state index in [4.69, 9.17) is 0 Å². The topological polar surface area (TPSA) is 78.5 Å². The highest BCUT2D eigenvalue weighted by atomic mass is 32.2. The second-order valence-electron chi connectivity index (χ2n) is 5.97. The lowest BCUT2D eigenvalue weighted by Crippen LogP contribution is -2.47. The first-order chi connectivity index (χ1) is 10.0. The third-order valence-corrected chi connectivity index (χ3v) is 6.34. The van der Waals surface area contributed by atoms with Crippen LogP contribution in [0.2, 0.25) is 0 Å². The highest BCUT2D eigenvalue weighted by molar-refractivity contribution is 7.89. The van der Waals surface area contributed by atoms with Crippen LogP contribution in [0.1, 0.15) is 45.4 Å². The average Bonchev–Trinajstić information content (AvgIpc) is 2.99. The molecule has 2 rings (SSSR count). The largest absolute Gasteiger partial charge is 0.353 e. The lowest BCUT2D eigenvalue weighted by molar-refractivity contribution is -0.122. The van der Waals surface area contributed by atoms with Crippen molar-refractivity contribution >= 4 is 15.9 Å². The van der Waals surface area contributed by atoms with E-state index in [0.717, 1.165) is 13.0 Å². The molecule has 2 aliphatic rings. The van der Waals surface area contributed by atoms with E-state index in [2.05, 4.69) is 10.6 Å². The van der Waals surface area contributed by atoms with Crippen LogP contribution in [0.5, 0.6) is 0 Å². The van der Waals surface area contributed by atoms with E-state index in [-0.39, 0.29) is 17.7 Å². The number of carbonyl (C=O) groups excluding carboxylic acids is 1. The Kier molecular flexibility index (Phi) is 6.01. The first kappa shape index (κ1) is 16.7. The zero-order chi connectivity index (χ0) is 15.3. The van der Waals surface area contributed by atoms with Crippen LogP contribution in [0.15, 0.2) is 0 Å². The van der Waals surface area contributed by atoms with Crippen LogP contribution in [0.3, 0.4) is 0 Å². The van der Waals surface area contributed by atoms with E-state index in [1.54, 1.807) is 6.92 Å². The number of amides is 1. The maximum absolute atomic E-state index is 11.9. The van der Waals surface area contributed by atoms with Crippen LogP contribution >= 0.6 is 0 Å². The van der Waals surface area contributed by atoms with Gasteiger partial charge in [0.2, 0.25) is 15.9 Å². The molecule has 0 aromatic heterocycles. The SMILES string of the molecule is CCS(=O)(=O)N1CCC(NC(=O)CCC2CCCN2)CC1. The first-order valence-electron chi connectivity index (χ1n) is 8.02. The molecule has 2 fully saturated rings. The molecule has 1 atom stereocenters. The quantitative estimate of drug-likeness (QED) is 0.745. The maximum Gasteiger partial charge on any atom is 0.220 e. The Morgan fingerprint density at radius 2 is 2.00 bits per heavy atom. The lowest BCUT2D eigenvalue weighted by atomic mass is 10.1. The Labute approximate surface area is 127 Å². The molecule has 0 radical (unpaired) electrons. The van der Waals surface area contributed by atoms with Crippen LogP contribution in [-0.2, 0) is 14.8 Å². The summed E-state index contributed by atoms with van der Waals surface area (Å²) in [6.45, 7) is 3.77. The fourth-order valence-corrected chi connectivity index (χ4v) is 4.20. The molecule has 0 aromatic rings. The van der Waals surface area contributed by atoms with Gasteiger partial charge in [-0.15, -0.1) is 0 Å². The second kappa shape index (κ2) is 7.56. The number of carbonyl (C=O) groups is 1. The van der Waals surface area contributed by atoms with Crippen LogP contribution in [0.25, 0.3) is 0 Å². The van der Waals surface area contributed by atoms with Gasteiger partial charge in [0.25, 0.3) is 0 Å². The van der Waals surface area contributed by atoms with Gasteiger partial charge >= 0.3 is 0 Å². The smallest absolute Gasteiger partial charge is 0.220 e. The monoisotopic (exact) mass is 317 g/mol. The summed E-state index contributed by atoms with van der Waals surface area (Å²) in [6.07, 6.45) is 5.26. The summed E-state index contributed by atoms with van der Waals surface area (Å²) in [6, 6.07) is 0.615. The standard InChI is InChI=1S/C14H27N3O3S/c1-2-21(19,20)17-10-7-13(8-11-17)16-14(18)6-5-12-4-3-9-15-12/h12-13,15H,2-11H2,1H3,(H,16,18). The number of rotatable bonds is 6. The zero-order valence-corrected chi connectivity index (χ0v) is 13.6. The Hall–Kier alpha value is -0.660. The van der Waals surface area contributed by atoms with Gasteiger partial charge in [0.1, 0.15) is 0 Å². The molecular weight excluding hydrogens is 290 g/mol. The number of sulfonamides is 1. The number of nitrogens with zero attached hydrogens (tertiary/aromatic N) is 1. The normalized spacial score (nSPS) is 25.1. The summed E-state index contributed by atoms with van der Waals surface area (Å²) in [5.74, 6) is 0.249. The minimum atomic E-state index is -3.08. The van der Waals surface area contributed by atoms with Crippen molar-refractivity contribution in [3.8, 4) is 0 Å². The van der Waals surface area contributed by atoms with Crippen LogP contribution in [-0.4, -0.2) is 56.1 Å². The van der Waals surface area contributed by atoms with E-state index in [9.17, 15) is 13.2 Å². The van der Waals surface area contributed by atoms with E-state index in [1.165, 1.54) is 17.1 Å². The molecule has 21 heavy (non-hydrogen) atoms. The summed E-state index contributed by atoms with van der Waals surface area (Å²) in [5.41, 5.74) is 0. The van der Waals surface area contributed by atoms with Gasteiger partial charge < -0.3 is 10.6 Å². The summed E-state index contributed by atoms with van der Waals surface area (Å²) in [7, 11) is -3.08. The van der Waals surface area contributed by atoms with Crippen LogP contribution < -0.4 is 10.6 Å². The fourth-order valence-electron chi connectivity index (χ4n) is 3.07. The van der Waals surface area contributed by atoms with Gasteiger partial charge in [0, 0.05) is 31.6 Å². The molecule has 1 amide bonds. The molecule has 2 aliphatic heterocycles. The molecule has 2 heterocycles. The van der Waals surface area contributed by atoms with Gasteiger partial charge in [-0.3, -0.25) is 4.79 Å². The second-order valence-corrected chi connectivity index (χ2v) is 8.23. The molecule has 7 heteroatoms. The Bertz CT molecular complexity index is 438. The maximum atomic E-state index is 11.9. The molecule has 1 unspecified atom stereocenters. The van der Waals surface area contributed by atoms with Crippen molar-refractivity contribution in [3.05, 3.63) is 0 Å². The molecule has 0 spiro atoms. The first-order valence-corrected chi connectivity index (χ1v) is 9.62. The predicted molar refractivity (Wildman–Crippen MR) is 82.5 cm³/mol. The predicted octanol–water partition coefficient (Wildman–Crippen LogP) is 0.449. The van der Waals surface area contributed by atoms with Gasteiger partial charge in [-0.1, -0.05) is 0 Å². The number of nitrogens with one attached hydrogen (secondary N) is 2. The molecule has 0 aromatic carbocycles. The number of hydrogen-bond donors (Lipinski definition) is 2. The molecular formula is C14H27N3O3S. The van der Waals surface area contributed by atoms with Crippen molar-refractivity contribution < 1.29 is 13.2 Å². The molecule has 0 saturated carbocycles. The van der Waals surface area contributed by atoms with E-state index in [1.807, 2.05) is 0 Å². The summed E-state index contributed by atoms with van der Waals surface area (Å²) in [5, 5.41) is 6.44. The molecule has 2 saturated heterocycles. The van der Waals surface area contributed by atoms with Gasteiger partial charge in [0.15, 0.2) is 0 Å². The minimum absolute atomic E-state index is 0.0977. The highest BCUT2D eigenvalue weighted by Crippen LogP contribution is 2.15. The molecule has 0 aliphatic carbocycles. The zero-order valence-electron chi connectivity index (χ0n) is 12.8. The van der Waals surface area contributed by atoms with Crippen molar-refractivity contribution in [3.63, 3.8) is 0 Å². The van der Waals surface area contributed by atoms with Crippen LogP contribution in [0.4, 0.5) is 0 Å². The van der Waals surface area contributed by atoms with E-state index >= 15 is 0 Å². The summed E-state index contributed by atoms with van der Waals surface area (Å²) in [4.78, 5) is 11.9. The van der Waals surface area contributed by atoms with Gasteiger partial charge in [-0.2, -0.15) is 0 Å². The lowest BCUT2D eigenvalue weighted by Gasteiger charge is -2.31. The molecule has 0 bridgehead atoms. The minimum Gasteiger partial charge on any atom is -0.353 e. The van der Waals surface area contributed by atoms with Crippen molar-refractivity contribution in [1.82, 2.24) is 14.9 Å². The van der Waals surface area contributed by atoms with Crippen molar-refractivity contribution in [1.29, 1.82) is 0 Å². The van der Waals surface area contributed by atoms with E-state index in [0.29, 0.717) is 38.4 Å². The van der Waals surface area contributed by atoms with Gasteiger partial charge in [-0.05, 0) is 45.6 Å². The molecule has 6 nitrogen and oxygen atoms in total. The van der Waals surface area contributed by atoms with Gasteiger partial charge in [-0.25, -0.2) is 12.7 Å². The third-order valence-electron chi connectivity index (χ3n) is 4.46. The van der Waals surface area contributed by atoms with Crippen molar-refractivity contribution in [2.24, 2.45) is 0 Å². The highest BCUT2D eigenvalue weighted by Gasteiger charge is 2.27. The van der Waals surface area contributed by atoms with Crippen molar-refractivity contribution in [2.45, 2.75) is 57.5 Å². The Morgan fingerprint density at radius 3 is 2.57 bits per heavy atom. The summed E-state index contributed by atoms with van der Waals surface area (Å²) >= 11 is 0. The fraction of sp³-hybridized carbons (Fsp3) is 0.929. The number of piperidine rings is 1. The van der Waals surface area contributed by atoms with Crippen LogP contribution in [0, 0.1) is 0 Å². The Morgan fingerprint density at radius 1 is 1.29 bits per heavy atom. The number of hydrogen-bond acceptors (Lipinski definition) is 4. The average molecular weight is 317 g/mol. The van der Waals surface area contributed by atoms with E-state index < -0.39 is 10.0 Å². The Balaban J connectivity index is 1.67. The van der Waals surface area contributed by atoms with Crippen molar-refractivity contribution in [2.75, 3.05) is 25.4 Å². The van der Waals surface area contributed by atoms with Gasteiger partial charge in [0.05, 0.1) is 5.75 Å². The third kappa shape index (κ3) is 4.93. The molecule has 122 valence electrons. The summed E-state index contributed by atoms with van der Waals surface area (Å²) < 4.78 is 25.1. The molecule has 2 N–H and O–H groups in total.